The number of nitrogens with one attached hydrogen (secondary N) is 2. The molecule has 0 radical (unpaired) electrons. The van der Waals surface area contributed by atoms with Crippen LogP contribution in [0.5, 0.6) is 0 Å². The van der Waals surface area contributed by atoms with Crippen LogP contribution in [0.3, 0.4) is 0 Å². The molecule has 24 heavy (non-hydrogen) atoms. The van der Waals surface area contributed by atoms with Crippen LogP contribution in [0, 0.1) is 0 Å². The quantitative estimate of drug-likeness (QED) is 0.764. The van der Waals surface area contributed by atoms with Gasteiger partial charge in [-0.2, -0.15) is 0 Å². The van der Waals surface area contributed by atoms with Gasteiger partial charge < -0.3 is 9.88 Å². The summed E-state index contributed by atoms with van der Waals surface area (Å²) in [6.45, 7) is 1.47. The molecule has 0 atom stereocenters. The van der Waals surface area contributed by atoms with Crippen molar-refractivity contribution in [3.05, 3.63) is 53.7 Å². The summed E-state index contributed by atoms with van der Waals surface area (Å²) in [6, 6.07) is 11.0. The molecular formula is C17H16N4O2S. The second-order valence-corrected chi connectivity index (χ2v) is 6.11. The van der Waals surface area contributed by atoms with Crippen LogP contribution < -0.4 is 10.6 Å². The number of hydrogen-bond acceptors (Lipinski definition) is 4. The summed E-state index contributed by atoms with van der Waals surface area (Å²) in [5.41, 5.74) is 3.00. The minimum absolute atomic E-state index is 0.109. The van der Waals surface area contributed by atoms with E-state index in [2.05, 4.69) is 15.6 Å². The van der Waals surface area contributed by atoms with E-state index in [0.29, 0.717) is 10.8 Å². The Bertz CT molecular complexity index is 880. The fourth-order valence-electron chi connectivity index (χ4n) is 2.25. The summed E-state index contributed by atoms with van der Waals surface area (Å²) in [5.74, 6) is -0.300. The van der Waals surface area contributed by atoms with E-state index < -0.39 is 0 Å². The SMILES string of the molecule is CC(=O)Nc1ccc(-c2csc(NC(=O)c3cccn3C)n2)cc1. The predicted octanol–water partition coefficient (Wildman–Crippen LogP) is 3.36. The zero-order valence-electron chi connectivity index (χ0n) is 13.2. The van der Waals surface area contributed by atoms with Crippen LogP contribution >= 0.6 is 11.3 Å². The van der Waals surface area contributed by atoms with Gasteiger partial charge in [0.15, 0.2) is 5.13 Å². The number of anilines is 2. The van der Waals surface area contributed by atoms with Gasteiger partial charge in [-0.1, -0.05) is 12.1 Å². The van der Waals surface area contributed by atoms with E-state index in [1.807, 2.05) is 49.0 Å². The summed E-state index contributed by atoms with van der Waals surface area (Å²) in [4.78, 5) is 27.7. The molecule has 3 aromatic rings. The van der Waals surface area contributed by atoms with Crippen molar-refractivity contribution in [3.8, 4) is 11.3 Å². The van der Waals surface area contributed by atoms with E-state index in [0.717, 1.165) is 16.9 Å². The highest BCUT2D eigenvalue weighted by atomic mass is 32.1. The van der Waals surface area contributed by atoms with Crippen molar-refractivity contribution in [2.24, 2.45) is 7.05 Å². The number of aryl methyl sites for hydroxylation is 1. The number of benzene rings is 1. The largest absolute Gasteiger partial charge is 0.347 e. The molecule has 3 rings (SSSR count). The fourth-order valence-corrected chi connectivity index (χ4v) is 2.96. The maximum absolute atomic E-state index is 12.2. The standard InChI is InChI=1S/C17H16N4O2S/c1-11(22)18-13-7-5-12(6-8-13)14-10-24-17(19-14)20-16(23)15-4-3-9-21(15)2/h3-10H,1-2H3,(H,18,22)(H,19,20,23). The van der Waals surface area contributed by atoms with Crippen molar-refractivity contribution >= 4 is 34.0 Å². The van der Waals surface area contributed by atoms with Crippen LogP contribution in [0.25, 0.3) is 11.3 Å². The van der Waals surface area contributed by atoms with Gasteiger partial charge in [0.1, 0.15) is 5.69 Å². The van der Waals surface area contributed by atoms with Crippen LogP contribution in [0.4, 0.5) is 10.8 Å². The molecular weight excluding hydrogens is 324 g/mol. The van der Waals surface area contributed by atoms with Crippen LogP contribution in [0.2, 0.25) is 0 Å². The number of thiazole rings is 1. The first-order valence-electron chi connectivity index (χ1n) is 7.29. The summed E-state index contributed by atoms with van der Waals surface area (Å²) in [6.07, 6.45) is 1.82. The number of carbonyl (C=O) groups excluding carboxylic acids is 2. The van der Waals surface area contributed by atoms with Crippen molar-refractivity contribution in [2.75, 3.05) is 10.6 Å². The van der Waals surface area contributed by atoms with E-state index in [9.17, 15) is 9.59 Å². The van der Waals surface area contributed by atoms with Crippen molar-refractivity contribution in [1.82, 2.24) is 9.55 Å². The average Bonchev–Trinajstić information content (AvgIpc) is 3.16. The molecule has 0 unspecified atom stereocenters. The molecule has 0 spiro atoms. The second-order valence-electron chi connectivity index (χ2n) is 5.25. The molecule has 0 aliphatic heterocycles. The van der Waals surface area contributed by atoms with E-state index in [1.165, 1.54) is 18.3 Å². The molecule has 2 N–H and O–H groups in total. The monoisotopic (exact) mass is 340 g/mol. The van der Waals surface area contributed by atoms with Gasteiger partial charge in [-0.3, -0.25) is 14.9 Å². The lowest BCUT2D eigenvalue weighted by atomic mass is 10.1. The lowest BCUT2D eigenvalue weighted by molar-refractivity contribution is -0.114. The lowest BCUT2D eigenvalue weighted by Gasteiger charge is -2.03. The number of nitrogens with zero attached hydrogens (tertiary/aromatic N) is 2. The Labute approximate surface area is 143 Å². The third kappa shape index (κ3) is 3.52. The highest BCUT2D eigenvalue weighted by Gasteiger charge is 2.12. The zero-order chi connectivity index (χ0) is 17.1. The Morgan fingerprint density at radius 1 is 1.12 bits per heavy atom. The highest BCUT2D eigenvalue weighted by Crippen LogP contribution is 2.26. The summed E-state index contributed by atoms with van der Waals surface area (Å²) < 4.78 is 1.75. The molecule has 0 saturated carbocycles. The first-order valence-corrected chi connectivity index (χ1v) is 8.17. The Hall–Kier alpha value is -2.93. The molecule has 0 saturated heterocycles. The fraction of sp³-hybridized carbons (Fsp3) is 0.118. The first-order chi connectivity index (χ1) is 11.5. The van der Waals surface area contributed by atoms with Gasteiger partial charge in [0, 0.05) is 36.8 Å². The smallest absolute Gasteiger partial charge is 0.274 e. The van der Waals surface area contributed by atoms with Crippen LogP contribution in [0.15, 0.2) is 48.0 Å². The zero-order valence-corrected chi connectivity index (χ0v) is 14.1. The van der Waals surface area contributed by atoms with Crippen molar-refractivity contribution in [2.45, 2.75) is 6.92 Å². The third-order valence-electron chi connectivity index (χ3n) is 3.40. The van der Waals surface area contributed by atoms with Crippen molar-refractivity contribution < 1.29 is 9.59 Å². The summed E-state index contributed by atoms with van der Waals surface area (Å²) in [7, 11) is 1.82. The van der Waals surface area contributed by atoms with Crippen molar-refractivity contribution in [1.29, 1.82) is 0 Å². The van der Waals surface area contributed by atoms with Crippen LogP contribution in [0.1, 0.15) is 17.4 Å². The predicted molar refractivity (Wildman–Crippen MR) is 95.2 cm³/mol. The molecule has 1 aromatic carbocycles. The van der Waals surface area contributed by atoms with E-state index >= 15 is 0 Å². The van der Waals surface area contributed by atoms with Crippen LogP contribution in [-0.4, -0.2) is 21.4 Å². The minimum atomic E-state index is -0.190. The Morgan fingerprint density at radius 3 is 2.50 bits per heavy atom. The molecule has 0 aliphatic carbocycles. The Kier molecular flexibility index (Phi) is 4.43. The maximum atomic E-state index is 12.2. The molecule has 122 valence electrons. The summed E-state index contributed by atoms with van der Waals surface area (Å²) in [5, 5.41) is 7.95. The molecule has 0 bridgehead atoms. The first kappa shape index (κ1) is 15.9. The van der Waals surface area contributed by atoms with Gasteiger partial charge in [0.25, 0.3) is 5.91 Å². The van der Waals surface area contributed by atoms with Crippen molar-refractivity contribution in [3.63, 3.8) is 0 Å². The number of amides is 2. The molecule has 6 nitrogen and oxygen atoms in total. The molecule has 2 amide bonds. The van der Waals surface area contributed by atoms with E-state index in [-0.39, 0.29) is 11.8 Å². The number of carbonyl (C=O) groups is 2. The Balaban J connectivity index is 1.72. The highest BCUT2D eigenvalue weighted by molar-refractivity contribution is 7.14. The molecule has 7 heteroatoms. The maximum Gasteiger partial charge on any atom is 0.274 e. The van der Waals surface area contributed by atoms with Gasteiger partial charge in [-0.05, 0) is 24.3 Å². The molecule has 0 fully saturated rings. The molecule has 0 aliphatic rings. The number of hydrogen-bond donors (Lipinski definition) is 2. The summed E-state index contributed by atoms with van der Waals surface area (Å²) >= 11 is 1.37. The van der Waals surface area contributed by atoms with Gasteiger partial charge in [0.2, 0.25) is 5.91 Å². The third-order valence-corrected chi connectivity index (χ3v) is 4.16. The number of rotatable bonds is 4. The van der Waals surface area contributed by atoms with Gasteiger partial charge >= 0.3 is 0 Å². The topological polar surface area (TPSA) is 76.0 Å². The van der Waals surface area contributed by atoms with Crippen LogP contribution in [-0.2, 0) is 11.8 Å². The second kappa shape index (κ2) is 6.67. The van der Waals surface area contributed by atoms with Gasteiger partial charge in [0.05, 0.1) is 5.69 Å². The lowest BCUT2D eigenvalue weighted by Crippen LogP contribution is -2.15. The van der Waals surface area contributed by atoms with E-state index in [1.54, 1.807) is 10.6 Å². The number of aromatic nitrogens is 2. The Morgan fingerprint density at radius 2 is 1.88 bits per heavy atom. The molecule has 2 heterocycles. The molecule has 2 aromatic heterocycles. The average molecular weight is 340 g/mol. The minimum Gasteiger partial charge on any atom is -0.347 e. The van der Waals surface area contributed by atoms with Gasteiger partial charge in [-0.25, -0.2) is 4.98 Å². The van der Waals surface area contributed by atoms with E-state index in [4.69, 9.17) is 0 Å². The van der Waals surface area contributed by atoms with Gasteiger partial charge in [-0.15, -0.1) is 11.3 Å². The normalized spacial score (nSPS) is 10.4.